The maximum Gasteiger partial charge on any atom is 0.260 e. The number of hydrogen-bond donors (Lipinski definition) is 1. The highest BCUT2D eigenvalue weighted by molar-refractivity contribution is 7.98. The first kappa shape index (κ1) is 17.4. The summed E-state index contributed by atoms with van der Waals surface area (Å²) in [7, 11) is 0. The van der Waals surface area contributed by atoms with E-state index in [9.17, 15) is 4.79 Å². The van der Waals surface area contributed by atoms with Gasteiger partial charge < -0.3 is 14.5 Å². The van der Waals surface area contributed by atoms with E-state index in [0.717, 1.165) is 28.0 Å². The van der Waals surface area contributed by atoms with E-state index in [0.29, 0.717) is 12.3 Å². The summed E-state index contributed by atoms with van der Waals surface area (Å²) >= 11 is 1.72. The predicted molar refractivity (Wildman–Crippen MR) is 102 cm³/mol. The average molecular weight is 355 g/mol. The van der Waals surface area contributed by atoms with Gasteiger partial charge in [-0.3, -0.25) is 4.79 Å². The molecule has 3 rings (SSSR count). The molecular formula is C20H21NO3S. The quantitative estimate of drug-likeness (QED) is 0.614. The minimum atomic E-state index is -0.531. The number of thioether (sulfide) groups is 1. The number of amides is 1. The van der Waals surface area contributed by atoms with Crippen molar-refractivity contribution in [2.24, 2.45) is 0 Å². The second kappa shape index (κ2) is 8.62. The Morgan fingerprint density at radius 3 is 2.80 bits per heavy atom. The van der Waals surface area contributed by atoms with Gasteiger partial charge >= 0.3 is 0 Å². The third-order valence-electron chi connectivity index (χ3n) is 3.77. The first-order valence-corrected chi connectivity index (χ1v) is 9.41. The molecule has 0 fully saturated rings. The molecule has 0 radical (unpaired) electrons. The van der Waals surface area contributed by atoms with Crippen LogP contribution in [0.25, 0.3) is 10.8 Å². The summed E-state index contributed by atoms with van der Waals surface area (Å²) in [6, 6.07) is 17.8. The molecule has 0 aliphatic heterocycles. The Morgan fingerprint density at radius 1 is 1.16 bits per heavy atom. The molecule has 1 heterocycles. The number of nitrogens with one attached hydrogen (secondary N) is 1. The van der Waals surface area contributed by atoms with E-state index in [2.05, 4.69) is 11.4 Å². The van der Waals surface area contributed by atoms with E-state index in [1.807, 2.05) is 48.5 Å². The Balaban J connectivity index is 1.42. The van der Waals surface area contributed by atoms with Gasteiger partial charge in [-0.25, -0.2) is 0 Å². The molecule has 0 spiro atoms. The monoisotopic (exact) mass is 355 g/mol. The zero-order valence-corrected chi connectivity index (χ0v) is 14.9. The second-order valence-corrected chi connectivity index (χ2v) is 6.80. The summed E-state index contributed by atoms with van der Waals surface area (Å²) < 4.78 is 11.0. The van der Waals surface area contributed by atoms with Gasteiger partial charge in [-0.1, -0.05) is 30.3 Å². The van der Waals surface area contributed by atoms with Gasteiger partial charge in [0.25, 0.3) is 5.91 Å². The molecule has 4 nitrogen and oxygen atoms in total. The highest BCUT2D eigenvalue weighted by Crippen LogP contribution is 2.21. The van der Waals surface area contributed by atoms with Crippen LogP contribution in [0.3, 0.4) is 0 Å². The molecule has 1 N–H and O–H groups in total. The Hall–Kier alpha value is -2.40. The lowest BCUT2D eigenvalue weighted by atomic mass is 10.1. The SMILES string of the molecule is C[C@@H](Oc1ccc2ccccc2c1)C(=O)NCCSCc1ccco1. The van der Waals surface area contributed by atoms with Crippen LogP contribution in [0.5, 0.6) is 5.75 Å². The lowest BCUT2D eigenvalue weighted by molar-refractivity contribution is -0.127. The summed E-state index contributed by atoms with van der Waals surface area (Å²) in [5.41, 5.74) is 0. The summed E-state index contributed by atoms with van der Waals surface area (Å²) in [4.78, 5) is 12.1. The molecule has 0 aliphatic carbocycles. The molecule has 0 aliphatic rings. The predicted octanol–water partition coefficient (Wildman–Crippen LogP) is 4.25. The van der Waals surface area contributed by atoms with Gasteiger partial charge in [-0.15, -0.1) is 0 Å². The topological polar surface area (TPSA) is 51.5 Å². The molecule has 1 atom stereocenters. The Labute approximate surface area is 151 Å². The zero-order chi connectivity index (χ0) is 17.5. The van der Waals surface area contributed by atoms with Crippen molar-refractivity contribution in [1.82, 2.24) is 5.32 Å². The standard InChI is InChI=1S/C20H21NO3S/c1-15(20(22)21-10-12-25-14-19-7-4-11-23-19)24-18-9-8-16-5-2-3-6-17(16)13-18/h2-9,11,13,15H,10,12,14H2,1H3,(H,21,22)/t15-/m1/s1. The van der Waals surface area contributed by atoms with Gasteiger partial charge in [0, 0.05) is 12.3 Å². The molecule has 130 valence electrons. The minimum Gasteiger partial charge on any atom is -0.481 e. The normalized spacial score (nSPS) is 12.0. The largest absolute Gasteiger partial charge is 0.481 e. The number of hydrogen-bond acceptors (Lipinski definition) is 4. The summed E-state index contributed by atoms with van der Waals surface area (Å²) in [6.45, 7) is 2.37. The molecular weight excluding hydrogens is 334 g/mol. The Kier molecular flexibility index (Phi) is 6.01. The van der Waals surface area contributed by atoms with Crippen LogP contribution in [0.1, 0.15) is 12.7 Å². The number of ether oxygens (including phenoxy) is 1. The van der Waals surface area contributed by atoms with Gasteiger partial charge in [0.1, 0.15) is 11.5 Å². The maximum absolute atomic E-state index is 12.1. The van der Waals surface area contributed by atoms with Crippen molar-refractivity contribution in [3.8, 4) is 5.75 Å². The molecule has 1 amide bonds. The highest BCUT2D eigenvalue weighted by Gasteiger charge is 2.14. The fourth-order valence-electron chi connectivity index (χ4n) is 2.46. The van der Waals surface area contributed by atoms with E-state index in [1.165, 1.54) is 0 Å². The molecule has 25 heavy (non-hydrogen) atoms. The van der Waals surface area contributed by atoms with E-state index in [4.69, 9.17) is 9.15 Å². The van der Waals surface area contributed by atoms with Crippen molar-refractivity contribution in [3.05, 3.63) is 66.6 Å². The smallest absolute Gasteiger partial charge is 0.260 e. The lowest BCUT2D eigenvalue weighted by Gasteiger charge is -2.15. The average Bonchev–Trinajstić information content (AvgIpc) is 3.14. The van der Waals surface area contributed by atoms with Crippen molar-refractivity contribution < 1.29 is 13.9 Å². The summed E-state index contributed by atoms with van der Waals surface area (Å²) in [5, 5.41) is 5.16. The van der Waals surface area contributed by atoms with Crippen LogP contribution in [-0.4, -0.2) is 24.3 Å². The molecule has 0 saturated carbocycles. The molecule has 3 aromatic rings. The van der Waals surface area contributed by atoms with Gasteiger partial charge in [0.2, 0.25) is 0 Å². The van der Waals surface area contributed by atoms with Gasteiger partial charge in [-0.05, 0) is 42.0 Å². The summed E-state index contributed by atoms with van der Waals surface area (Å²) in [5.74, 6) is 3.19. The van der Waals surface area contributed by atoms with Crippen LogP contribution < -0.4 is 10.1 Å². The molecule has 0 bridgehead atoms. The number of furan rings is 1. The Bertz CT molecular complexity index is 817. The van der Waals surface area contributed by atoms with Crippen molar-refractivity contribution in [3.63, 3.8) is 0 Å². The van der Waals surface area contributed by atoms with Crippen molar-refractivity contribution in [2.75, 3.05) is 12.3 Å². The van der Waals surface area contributed by atoms with Crippen LogP contribution in [0.15, 0.2) is 65.3 Å². The minimum absolute atomic E-state index is 0.105. The number of benzene rings is 2. The molecule has 5 heteroatoms. The number of carbonyl (C=O) groups excluding carboxylic acids is 1. The van der Waals surface area contributed by atoms with Crippen molar-refractivity contribution in [2.45, 2.75) is 18.8 Å². The third kappa shape index (κ3) is 5.03. The molecule has 0 saturated heterocycles. The highest BCUT2D eigenvalue weighted by atomic mass is 32.2. The molecule has 1 aromatic heterocycles. The first-order valence-electron chi connectivity index (χ1n) is 8.25. The lowest BCUT2D eigenvalue weighted by Crippen LogP contribution is -2.37. The van der Waals surface area contributed by atoms with Crippen molar-refractivity contribution in [1.29, 1.82) is 0 Å². The van der Waals surface area contributed by atoms with Crippen LogP contribution in [0.2, 0.25) is 0 Å². The maximum atomic E-state index is 12.1. The third-order valence-corrected chi connectivity index (χ3v) is 4.75. The summed E-state index contributed by atoms with van der Waals surface area (Å²) in [6.07, 6.45) is 1.14. The van der Waals surface area contributed by atoms with E-state index in [-0.39, 0.29) is 5.91 Å². The van der Waals surface area contributed by atoms with E-state index in [1.54, 1.807) is 24.9 Å². The van der Waals surface area contributed by atoms with Crippen LogP contribution in [0.4, 0.5) is 0 Å². The number of carbonyl (C=O) groups is 1. The zero-order valence-electron chi connectivity index (χ0n) is 14.1. The fourth-order valence-corrected chi connectivity index (χ4v) is 3.21. The van der Waals surface area contributed by atoms with Crippen LogP contribution in [-0.2, 0) is 10.5 Å². The molecule has 0 unspecified atom stereocenters. The van der Waals surface area contributed by atoms with E-state index >= 15 is 0 Å². The first-order chi connectivity index (χ1) is 12.2. The Morgan fingerprint density at radius 2 is 2.00 bits per heavy atom. The van der Waals surface area contributed by atoms with E-state index < -0.39 is 6.10 Å². The number of rotatable bonds is 8. The second-order valence-electron chi connectivity index (χ2n) is 5.69. The van der Waals surface area contributed by atoms with Crippen LogP contribution >= 0.6 is 11.8 Å². The van der Waals surface area contributed by atoms with Gasteiger partial charge in [0.05, 0.1) is 12.0 Å². The number of fused-ring (bicyclic) bond motifs is 1. The van der Waals surface area contributed by atoms with Gasteiger partial charge in [0.15, 0.2) is 6.10 Å². The van der Waals surface area contributed by atoms with Crippen molar-refractivity contribution >= 4 is 28.4 Å². The van der Waals surface area contributed by atoms with Crippen LogP contribution in [0, 0.1) is 0 Å². The van der Waals surface area contributed by atoms with Gasteiger partial charge in [-0.2, -0.15) is 11.8 Å². The fraction of sp³-hybridized carbons (Fsp3) is 0.250. The molecule has 2 aromatic carbocycles.